The molecule has 0 aliphatic heterocycles. The first-order valence-corrected chi connectivity index (χ1v) is 5.76. The number of carbonyl (C=O) groups is 1. The number of hydrogen-bond donors (Lipinski definition) is 1. The second kappa shape index (κ2) is 6.47. The Morgan fingerprint density at radius 3 is 2.82 bits per heavy atom. The molecule has 0 spiro atoms. The Morgan fingerprint density at radius 2 is 2.24 bits per heavy atom. The Hall–Kier alpha value is -1.26. The second-order valence-electron chi connectivity index (χ2n) is 3.57. The molecule has 0 saturated carbocycles. The number of amides is 1. The molecule has 5 heteroatoms. The van der Waals surface area contributed by atoms with Crippen molar-refractivity contribution in [2.24, 2.45) is 0 Å². The molecule has 4 nitrogen and oxygen atoms in total. The molecule has 1 rings (SSSR count). The summed E-state index contributed by atoms with van der Waals surface area (Å²) in [6.45, 7) is 5.73. The quantitative estimate of drug-likeness (QED) is 0.825. The highest BCUT2D eigenvalue weighted by Crippen LogP contribution is 2.21. The molecule has 0 heterocycles. The van der Waals surface area contributed by atoms with Gasteiger partial charge in [0.05, 0.1) is 6.61 Å². The van der Waals surface area contributed by atoms with E-state index >= 15 is 0 Å². The standard InChI is InChI=1S/C12H16ClNO3/c1-4-16-14-12(15)9(3)17-10-5-6-11(13)8(2)7-10/h5-7,9H,4H2,1-3H3,(H,14,15)/t9-/m0/s1. The van der Waals surface area contributed by atoms with Gasteiger partial charge in [0.15, 0.2) is 6.10 Å². The normalized spacial score (nSPS) is 12.0. The lowest BCUT2D eigenvalue weighted by atomic mass is 10.2. The molecule has 1 N–H and O–H groups in total. The lowest BCUT2D eigenvalue weighted by Crippen LogP contribution is -2.36. The first kappa shape index (κ1) is 13.8. The molecular formula is C12H16ClNO3. The maximum atomic E-state index is 11.5. The molecule has 17 heavy (non-hydrogen) atoms. The number of rotatable bonds is 5. The van der Waals surface area contributed by atoms with Crippen LogP contribution in [0.1, 0.15) is 19.4 Å². The Bertz CT molecular complexity index is 395. The number of nitrogens with one attached hydrogen (secondary N) is 1. The minimum Gasteiger partial charge on any atom is -0.481 e. The van der Waals surface area contributed by atoms with E-state index in [0.717, 1.165) is 5.56 Å². The van der Waals surface area contributed by atoms with Crippen molar-refractivity contribution in [1.29, 1.82) is 0 Å². The molecule has 1 aromatic rings. The maximum absolute atomic E-state index is 11.5. The van der Waals surface area contributed by atoms with Crippen LogP contribution < -0.4 is 10.2 Å². The monoisotopic (exact) mass is 257 g/mol. The summed E-state index contributed by atoms with van der Waals surface area (Å²) in [4.78, 5) is 16.3. The average molecular weight is 258 g/mol. The van der Waals surface area contributed by atoms with Gasteiger partial charge in [0.2, 0.25) is 0 Å². The predicted molar refractivity (Wildman–Crippen MR) is 66.0 cm³/mol. The largest absolute Gasteiger partial charge is 0.481 e. The first-order valence-electron chi connectivity index (χ1n) is 5.39. The highest BCUT2D eigenvalue weighted by molar-refractivity contribution is 6.31. The van der Waals surface area contributed by atoms with Gasteiger partial charge in [-0.25, -0.2) is 5.48 Å². The Balaban J connectivity index is 2.58. The SMILES string of the molecule is CCONC(=O)[C@H](C)Oc1ccc(Cl)c(C)c1. The second-order valence-corrected chi connectivity index (χ2v) is 3.98. The van der Waals surface area contributed by atoms with Crippen molar-refractivity contribution in [3.05, 3.63) is 28.8 Å². The fraction of sp³-hybridized carbons (Fsp3) is 0.417. The number of benzene rings is 1. The van der Waals surface area contributed by atoms with Gasteiger partial charge in [0.25, 0.3) is 5.91 Å². The van der Waals surface area contributed by atoms with Crippen LogP contribution >= 0.6 is 11.6 Å². The minimum absolute atomic E-state index is 0.320. The molecule has 1 aromatic carbocycles. The van der Waals surface area contributed by atoms with E-state index in [1.165, 1.54) is 0 Å². The van der Waals surface area contributed by atoms with Crippen molar-refractivity contribution in [1.82, 2.24) is 5.48 Å². The zero-order chi connectivity index (χ0) is 12.8. The van der Waals surface area contributed by atoms with Crippen LogP contribution in [-0.2, 0) is 9.63 Å². The van der Waals surface area contributed by atoms with Crippen molar-refractivity contribution in [3.63, 3.8) is 0 Å². The van der Waals surface area contributed by atoms with E-state index in [9.17, 15) is 4.79 Å². The van der Waals surface area contributed by atoms with Crippen LogP contribution in [0, 0.1) is 6.92 Å². The molecule has 0 saturated heterocycles. The van der Waals surface area contributed by atoms with E-state index in [1.807, 2.05) is 6.92 Å². The number of aryl methyl sites for hydroxylation is 1. The van der Waals surface area contributed by atoms with Gasteiger partial charge in [-0.2, -0.15) is 0 Å². The summed E-state index contributed by atoms with van der Waals surface area (Å²) in [5.41, 5.74) is 3.19. The van der Waals surface area contributed by atoms with Crippen molar-refractivity contribution >= 4 is 17.5 Å². The van der Waals surface area contributed by atoms with E-state index in [1.54, 1.807) is 32.0 Å². The van der Waals surface area contributed by atoms with Crippen molar-refractivity contribution < 1.29 is 14.4 Å². The topological polar surface area (TPSA) is 47.6 Å². The summed E-state index contributed by atoms with van der Waals surface area (Å²) in [7, 11) is 0. The van der Waals surface area contributed by atoms with E-state index in [2.05, 4.69) is 5.48 Å². The molecule has 0 fully saturated rings. The lowest BCUT2D eigenvalue weighted by molar-refractivity contribution is -0.139. The molecule has 0 radical (unpaired) electrons. The van der Waals surface area contributed by atoms with Crippen LogP contribution in [0.2, 0.25) is 5.02 Å². The van der Waals surface area contributed by atoms with Crippen molar-refractivity contribution in [2.75, 3.05) is 6.61 Å². The fourth-order valence-electron chi connectivity index (χ4n) is 1.17. The molecule has 0 aromatic heterocycles. The first-order chi connectivity index (χ1) is 8.04. The summed E-state index contributed by atoms with van der Waals surface area (Å²) in [5, 5.41) is 0.670. The van der Waals surface area contributed by atoms with Gasteiger partial charge in [0, 0.05) is 5.02 Å². The van der Waals surface area contributed by atoms with E-state index < -0.39 is 6.10 Å². The number of hydroxylamine groups is 1. The van der Waals surface area contributed by atoms with Crippen LogP contribution in [0.15, 0.2) is 18.2 Å². The smallest absolute Gasteiger partial charge is 0.284 e. The summed E-state index contributed by atoms with van der Waals surface area (Å²) in [6, 6.07) is 5.24. The van der Waals surface area contributed by atoms with Gasteiger partial charge in [-0.3, -0.25) is 9.63 Å². The minimum atomic E-state index is -0.623. The summed E-state index contributed by atoms with van der Waals surface area (Å²) in [6.07, 6.45) is -0.623. The number of hydrogen-bond acceptors (Lipinski definition) is 3. The lowest BCUT2D eigenvalue weighted by Gasteiger charge is -2.14. The summed E-state index contributed by atoms with van der Waals surface area (Å²) >= 11 is 5.89. The average Bonchev–Trinajstić information content (AvgIpc) is 2.30. The molecule has 0 bridgehead atoms. The van der Waals surface area contributed by atoms with Gasteiger partial charge < -0.3 is 4.74 Å². The maximum Gasteiger partial charge on any atom is 0.284 e. The number of halogens is 1. The molecule has 94 valence electrons. The van der Waals surface area contributed by atoms with Gasteiger partial charge in [-0.15, -0.1) is 0 Å². The highest BCUT2D eigenvalue weighted by Gasteiger charge is 2.14. The van der Waals surface area contributed by atoms with Crippen LogP contribution in [0.25, 0.3) is 0 Å². The summed E-state index contributed by atoms with van der Waals surface area (Å²) in [5.74, 6) is 0.283. The Kier molecular flexibility index (Phi) is 5.25. The van der Waals surface area contributed by atoms with Gasteiger partial charge in [0.1, 0.15) is 5.75 Å². The molecule has 0 unspecified atom stereocenters. The number of carbonyl (C=O) groups excluding carboxylic acids is 1. The third kappa shape index (κ3) is 4.24. The van der Waals surface area contributed by atoms with Gasteiger partial charge >= 0.3 is 0 Å². The summed E-state index contributed by atoms with van der Waals surface area (Å²) < 4.78 is 5.46. The van der Waals surface area contributed by atoms with E-state index in [4.69, 9.17) is 21.2 Å². The van der Waals surface area contributed by atoms with Crippen molar-refractivity contribution in [3.8, 4) is 5.75 Å². The van der Waals surface area contributed by atoms with Gasteiger partial charge in [-0.05, 0) is 44.5 Å². The molecule has 0 aliphatic carbocycles. The molecule has 1 atom stereocenters. The fourth-order valence-corrected chi connectivity index (χ4v) is 1.29. The van der Waals surface area contributed by atoms with E-state index in [-0.39, 0.29) is 5.91 Å². The molecule has 1 amide bonds. The Labute approximate surface area is 106 Å². The van der Waals surface area contributed by atoms with Crippen LogP contribution in [-0.4, -0.2) is 18.6 Å². The van der Waals surface area contributed by atoms with Gasteiger partial charge in [-0.1, -0.05) is 11.6 Å². The van der Waals surface area contributed by atoms with Crippen LogP contribution in [0.4, 0.5) is 0 Å². The zero-order valence-corrected chi connectivity index (χ0v) is 10.9. The van der Waals surface area contributed by atoms with E-state index in [0.29, 0.717) is 17.4 Å². The zero-order valence-electron chi connectivity index (χ0n) is 10.1. The van der Waals surface area contributed by atoms with Crippen LogP contribution in [0.5, 0.6) is 5.75 Å². The molecule has 0 aliphatic rings. The third-order valence-corrected chi connectivity index (χ3v) is 2.55. The highest BCUT2D eigenvalue weighted by atomic mass is 35.5. The Morgan fingerprint density at radius 1 is 1.53 bits per heavy atom. The van der Waals surface area contributed by atoms with Crippen molar-refractivity contribution in [2.45, 2.75) is 26.9 Å². The number of ether oxygens (including phenoxy) is 1. The predicted octanol–water partition coefficient (Wildman–Crippen LogP) is 2.48. The van der Waals surface area contributed by atoms with Crippen LogP contribution in [0.3, 0.4) is 0 Å². The molecular weight excluding hydrogens is 242 g/mol. The third-order valence-electron chi connectivity index (χ3n) is 2.13.